The fourth-order valence-electron chi connectivity index (χ4n) is 5.14. The Hall–Kier alpha value is -3.30. The summed E-state index contributed by atoms with van der Waals surface area (Å²) in [7, 11) is 0. The number of urea groups is 1. The Balaban J connectivity index is 1.37. The van der Waals surface area contributed by atoms with Crippen LogP contribution in [0.3, 0.4) is 0 Å². The number of nitrogens with one attached hydrogen (secondary N) is 2. The van der Waals surface area contributed by atoms with Crippen LogP contribution in [0, 0.1) is 5.92 Å². The van der Waals surface area contributed by atoms with Gasteiger partial charge in [0.15, 0.2) is 11.5 Å². The van der Waals surface area contributed by atoms with Crippen molar-refractivity contribution in [3.63, 3.8) is 0 Å². The van der Waals surface area contributed by atoms with E-state index in [9.17, 15) is 19.2 Å². The Labute approximate surface area is 211 Å². The molecule has 3 aliphatic rings. The van der Waals surface area contributed by atoms with Gasteiger partial charge in [-0.2, -0.15) is 0 Å². The van der Waals surface area contributed by atoms with Gasteiger partial charge in [-0.25, -0.2) is 4.79 Å². The van der Waals surface area contributed by atoms with E-state index >= 15 is 0 Å². The summed E-state index contributed by atoms with van der Waals surface area (Å²) in [5.74, 6) is 0.423. The van der Waals surface area contributed by atoms with E-state index in [0.717, 1.165) is 19.3 Å². The van der Waals surface area contributed by atoms with Crippen LogP contribution < -0.4 is 20.1 Å². The normalized spacial score (nSPS) is 21.1. The third-order valence-corrected chi connectivity index (χ3v) is 6.94. The van der Waals surface area contributed by atoms with Crippen LogP contribution in [0.4, 0.5) is 10.5 Å². The number of fused-ring (bicyclic) bond motifs is 2. The van der Waals surface area contributed by atoms with Crippen molar-refractivity contribution in [1.82, 2.24) is 15.1 Å². The van der Waals surface area contributed by atoms with Crippen LogP contribution in [0.25, 0.3) is 0 Å². The molecular formula is C26H36N4O6. The molecule has 10 nitrogen and oxygen atoms in total. The Morgan fingerprint density at radius 2 is 1.81 bits per heavy atom. The van der Waals surface area contributed by atoms with Crippen molar-refractivity contribution in [2.24, 2.45) is 5.92 Å². The average Bonchev–Trinajstić information content (AvgIpc) is 2.89. The molecular weight excluding hydrogens is 464 g/mol. The summed E-state index contributed by atoms with van der Waals surface area (Å²) in [4.78, 5) is 54.2. The van der Waals surface area contributed by atoms with E-state index in [4.69, 9.17) is 9.47 Å². The van der Waals surface area contributed by atoms with Crippen LogP contribution in [-0.2, 0) is 14.4 Å². The van der Waals surface area contributed by atoms with E-state index in [1.54, 1.807) is 23.1 Å². The molecule has 0 radical (unpaired) electrons. The number of hydrogen-bond acceptors (Lipinski definition) is 6. The Morgan fingerprint density at radius 1 is 1.03 bits per heavy atom. The number of rotatable bonds is 10. The fraction of sp³-hybridized carbons (Fsp3) is 0.615. The van der Waals surface area contributed by atoms with Crippen LogP contribution in [0.1, 0.15) is 58.3 Å². The summed E-state index contributed by atoms with van der Waals surface area (Å²) in [5.41, 5.74) is 0.559. The highest BCUT2D eigenvalue weighted by atomic mass is 16.6. The van der Waals surface area contributed by atoms with Gasteiger partial charge in [0.1, 0.15) is 19.8 Å². The van der Waals surface area contributed by atoms with Crippen molar-refractivity contribution in [2.75, 3.05) is 38.2 Å². The summed E-state index contributed by atoms with van der Waals surface area (Å²) in [6, 6.07) is 4.51. The maximum absolute atomic E-state index is 13.4. The topological polar surface area (TPSA) is 117 Å². The van der Waals surface area contributed by atoms with Gasteiger partial charge >= 0.3 is 6.03 Å². The molecule has 5 amide bonds. The number of imide groups is 1. The van der Waals surface area contributed by atoms with Crippen LogP contribution in [-0.4, -0.2) is 72.4 Å². The molecule has 1 saturated carbocycles. The minimum atomic E-state index is -0.420. The van der Waals surface area contributed by atoms with E-state index in [1.165, 1.54) is 4.90 Å². The number of unbranched alkanes of at least 4 members (excludes halogenated alkanes) is 1. The maximum atomic E-state index is 13.4. The van der Waals surface area contributed by atoms with Gasteiger partial charge in [0.25, 0.3) is 0 Å². The molecule has 1 aromatic rings. The number of anilines is 1. The second-order valence-electron chi connectivity index (χ2n) is 9.57. The first-order valence-corrected chi connectivity index (χ1v) is 13.1. The number of amides is 5. The fourth-order valence-corrected chi connectivity index (χ4v) is 5.14. The molecule has 2 aliphatic heterocycles. The second kappa shape index (κ2) is 12.1. The van der Waals surface area contributed by atoms with Crippen molar-refractivity contribution in [3.05, 3.63) is 18.2 Å². The van der Waals surface area contributed by atoms with Crippen molar-refractivity contribution in [2.45, 2.75) is 64.3 Å². The van der Waals surface area contributed by atoms with Crippen LogP contribution in [0.2, 0.25) is 0 Å². The lowest BCUT2D eigenvalue weighted by Gasteiger charge is -2.46. The highest BCUT2D eigenvalue weighted by Crippen LogP contribution is 2.35. The summed E-state index contributed by atoms with van der Waals surface area (Å²) >= 11 is 0. The standard InChI is InChI=1S/C26H36N4O6/c1-2-12-27-23(31)9-5-6-13-29-25(33)19-7-3-4-8-20(19)30(26(29)34)17-24(32)28-18-10-11-21-22(16-18)36-15-14-35-21/h10-11,16,19-20H,2-9,12-15,17H2,1H3,(H,27,31)(H,28,32). The molecule has 2 atom stereocenters. The third kappa shape index (κ3) is 6.09. The van der Waals surface area contributed by atoms with Crippen LogP contribution >= 0.6 is 0 Å². The Bertz CT molecular complexity index is 983. The largest absolute Gasteiger partial charge is 0.486 e. The smallest absolute Gasteiger partial charge is 0.327 e. The Kier molecular flexibility index (Phi) is 8.66. The molecule has 196 valence electrons. The van der Waals surface area contributed by atoms with Gasteiger partial charge in [0.05, 0.1) is 5.92 Å². The first-order chi connectivity index (χ1) is 17.5. The average molecular weight is 501 g/mol. The molecule has 4 rings (SSSR count). The van der Waals surface area contributed by atoms with Crippen LogP contribution in [0.15, 0.2) is 18.2 Å². The van der Waals surface area contributed by atoms with Crippen molar-refractivity contribution in [1.29, 1.82) is 0 Å². The number of carbonyl (C=O) groups is 4. The number of ether oxygens (including phenoxy) is 2. The van der Waals surface area contributed by atoms with E-state index < -0.39 is 6.03 Å². The highest BCUT2D eigenvalue weighted by Gasteiger charge is 2.47. The monoisotopic (exact) mass is 500 g/mol. The minimum Gasteiger partial charge on any atom is -0.486 e. The first kappa shape index (κ1) is 25.8. The first-order valence-electron chi connectivity index (χ1n) is 13.1. The summed E-state index contributed by atoms with van der Waals surface area (Å²) in [6.45, 7) is 3.70. The Morgan fingerprint density at radius 3 is 2.61 bits per heavy atom. The number of benzene rings is 1. The third-order valence-electron chi connectivity index (χ3n) is 6.94. The number of nitrogens with zero attached hydrogens (tertiary/aromatic N) is 2. The van der Waals surface area contributed by atoms with Crippen molar-refractivity contribution < 1.29 is 28.7 Å². The molecule has 0 aromatic heterocycles. The molecule has 2 fully saturated rings. The second-order valence-corrected chi connectivity index (χ2v) is 9.57. The van der Waals surface area contributed by atoms with Crippen molar-refractivity contribution >= 4 is 29.4 Å². The van der Waals surface area contributed by atoms with Gasteiger partial charge in [0, 0.05) is 37.3 Å². The van der Waals surface area contributed by atoms with Gasteiger partial charge in [-0.1, -0.05) is 19.8 Å². The minimum absolute atomic E-state index is 0.0158. The summed E-state index contributed by atoms with van der Waals surface area (Å²) in [5, 5.41) is 5.68. The lowest BCUT2D eigenvalue weighted by molar-refractivity contribution is -0.141. The van der Waals surface area contributed by atoms with E-state index in [1.807, 2.05) is 6.92 Å². The maximum Gasteiger partial charge on any atom is 0.327 e. The molecule has 36 heavy (non-hydrogen) atoms. The van der Waals surface area contributed by atoms with Gasteiger partial charge in [0.2, 0.25) is 17.7 Å². The summed E-state index contributed by atoms with van der Waals surface area (Å²) < 4.78 is 11.1. The quantitative estimate of drug-likeness (QED) is 0.477. The molecule has 2 N–H and O–H groups in total. The zero-order valence-electron chi connectivity index (χ0n) is 20.9. The predicted octanol–water partition coefficient (Wildman–Crippen LogP) is 2.92. The summed E-state index contributed by atoms with van der Waals surface area (Å²) in [6.07, 6.45) is 5.67. The van der Waals surface area contributed by atoms with E-state index in [-0.39, 0.29) is 42.8 Å². The van der Waals surface area contributed by atoms with E-state index in [0.29, 0.717) is 69.0 Å². The van der Waals surface area contributed by atoms with Crippen LogP contribution in [0.5, 0.6) is 11.5 Å². The molecule has 1 aromatic carbocycles. The molecule has 1 aliphatic carbocycles. The lowest BCUT2D eigenvalue weighted by Crippen LogP contribution is -2.63. The molecule has 2 unspecified atom stereocenters. The SMILES string of the molecule is CCCNC(=O)CCCCN1C(=O)C2CCCCC2N(CC(=O)Nc2ccc3c(c2)OCCO3)C1=O. The zero-order valence-corrected chi connectivity index (χ0v) is 20.9. The molecule has 1 saturated heterocycles. The van der Waals surface area contributed by atoms with Gasteiger partial charge in [-0.15, -0.1) is 0 Å². The predicted molar refractivity (Wildman–Crippen MR) is 133 cm³/mol. The molecule has 0 bridgehead atoms. The molecule has 10 heteroatoms. The number of hydrogen-bond donors (Lipinski definition) is 2. The van der Waals surface area contributed by atoms with Gasteiger partial charge < -0.3 is 25.0 Å². The zero-order chi connectivity index (χ0) is 25.5. The van der Waals surface area contributed by atoms with E-state index in [2.05, 4.69) is 10.6 Å². The van der Waals surface area contributed by atoms with Crippen molar-refractivity contribution in [3.8, 4) is 11.5 Å². The highest BCUT2D eigenvalue weighted by molar-refractivity contribution is 6.01. The molecule has 2 heterocycles. The number of carbonyl (C=O) groups excluding carboxylic acids is 4. The van der Waals surface area contributed by atoms with Gasteiger partial charge in [-0.3, -0.25) is 19.3 Å². The van der Waals surface area contributed by atoms with Gasteiger partial charge in [-0.05, 0) is 44.2 Å². The lowest BCUT2D eigenvalue weighted by atomic mass is 9.81. The molecule has 0 spiro atoms.